The molecule has 5 heteroatoms. The van der Waals surface area contributed by atoms with Crippen LogP contribution in [-0.4, -0.2) is 41.5 Å². The predicted molar refractivity (Wildman–Crippen MR) is 81.3 cm³/mol. The lowest BCUT2D eigenvalue weighted by atomic mass is 10.1. The standard InChI is InChI=1S/C16H22N2O3/c1-11-4-3-5-14(12(11)2)17-15(19)10-18-7-6-13(9-18)8-16(20)21/h3-5,13H,6-10H2,1-2H3,(H,17,19)(H,20,21). The van der Waals surface area contributed by atoms with Gasteiger partial charge in [0.25, 0.3) is 0 Å². The maximum Gasteiger partial charge on any atom is 0.303 e. The molecule has 0 spiro atoms. The Labute approximate surface area is 125 Å². The van der Waals surface area contributed by atoms with Crippen LogP contribution in [0.1, 0.15) is 24.0 Å². The van der Waals surface area contributed by atoms with Gasteiger partial charge in [0.05, 0.1) is 6.54 Å². The Kier molecular flexibility index (Phi) is 4.96. The zero-order valence-corrected chi connectivity index (χ0v) is 12.6. The highest BCUT2D eigenvalue weighted by atomic mass is 16.4. The number of anilines is 1. The Bertz CT molecular complexity index is 542. The number of aryl methyl sites for hydroxylation is 1. The summed E-state index contributed by atoms with van der Waals surface area (Å²) in [6, 6.07) is 5.84. The van der Waals surface area contributed by atoms with Gasteiger partial charge >= 0.3 is 5.97 Å². The van der Waals surface area contributed by atoms with E-state index >= 15 is 0 Å². The number of carboxylic acids is 1. The van der Waals surface area contributed by atoms with Gasteiger partial charge in [0.1, 0.15) is 0 Å². The largest absolute Gasteiger partial charge is 0.481 e. The minimum atomic E-state index is -0.762. The van der Waals surface area contributed by atoms with Crippen LogP contribution in [0.25, 0.3) is 0 Å². The molecule has 1 atom stereocenters. The first-order valence-corrected chi connectivity index (χ1v) is 7.26. The molecule has 1 unspecified atom stereocenters. The first kappa shape index (κ1) is 15.5. The van der Waals surface area contributed by atoms with Crippen LogP contribution in [-0.2, 0) is 9.59 Å². The number of carbonyl (C=O) groups is 2. The molecule has 114 valence electrons. The van der Waals surface area contributed by atoms with Crippen molar-refractivity contribution in [2.45, 2.75) is 26.7 Å². The summed E-state index contributed by atoms with van der Waals surface area (Å²) in [7, 11) is 0. The fraction of sp³-hybridized carbons (Fsp3) is 0.500. The molecular formula is C16H22N2O3. The topological polar surface area (TPSA) is 69.6 Å². The van der Waals surface area contributed by atoms with Gasteiger partial charge < -0.3 is 10.4 Å². The first-order valence-electron chi connectivity index (χ1n) is 7.26. The highest BCUT2D eigenvalue weighted by Gasteiger charge is 2.25. The number of carboxylic acid groups (broad SMARTS) is 1. The van der Waals surface area contributed by atoms with Crippen LogP contribution in [0.4, 0.5) is 5.69 Å². The second-order valence-corrected chi connectivity index (χ2v) is 5.78. The fourth-order valence-electron chi connectivity index (χ4n) is 2.75. The van der Waals surface area contributed by atoms with Crippen molar-refractivity contribution in [3.8, 4) is 0 Å². The fourth-order valence-corrected chi connectivity index (χ4v) is 2.75. The Balaban J connectivity index is 1.85. The summed E-state index contributed by atoms with van der Waals surface area (Å²) >= 11 is 0. The third-order valence-electron chi connectivity index (χ3n) is 4.08. The second-order valence-electron chi connectivity index (χ2n) is 5.78. The van der Waals surface area contributed by atoms with Gasteiger partial charge in [-0.15, -0.1) is 0 Å². The molecule has 1 aliphatic heterocycles. The molecule has 21 heavy (non-hydrogen) atoms. The van der Waals surface area contributed by atoms with E-state index < -0.39 is 5.97 Å². The quantitative estimate of drug-likeness (QED) is 0.870. The molecule has 0 saturated carbocycles. The maximum atomic E-state index is 12.1. The number of likely N-dealkylation sites (tertiary alicyclic amines) is 1. The third kappa shape index (κ3) is 4.29. The molecule has 0 aliphatic carbocycles. The van der Waals surface area contributed by atoms with Gasteiger partial charge in [0, 0.05) is 18.7 Å². The first-order chi connectivity index (χ1) is 9.95. The van der Waals surface area contributed by atoms with Crippen molar-refractivity contribution in [3.63, 3.8) is 0 Å². The SMILES string of the molecule is Cc1cccc(NC(=O)CN2CCC(CC(=O)O)C2)c1C. The van der Waals surface area contributed by atoms with E-state index in [1.807, 2.05) is 36.9 Å². The van der Waals surface area contributed by atoms with Crippen molar-refractivity contribution in [1.82, 2.24) is 4.90 Å². The van der Waals surface area contributed by atoms with Gasteiger partial charge in [-0.3, -0.25) is 14.5 Å². The van der Waals surface area contributed by atoms with Crippen molar-refractivity contribution in [1.29, 1.82) is 0 Å². The molecule has 5 nitrogen and oxygen atoms in total. The molecule has 1 amide bonds. The van der Waals surface area contributed by atoms with Crippen molar-refractivity contribution in [3.05, 3.63) is 29.3 Å². The molecule has 0 radical (unpaired) electrons. The van der Waals surface area contributed by atoms with Crippen LogP contribution in [0.5, 0.6) is 0 Å². The molecular weight excluding hydrogens is 268 g/mol. The molecule has 1 saturated heterocycles. The lowest BCUT2D eigenvalue weighted by Gasteiger charge is -2.16. The van der Waals surface area contributed by atoms with Crippen LogP contribution >= 0.6 is 0 Å². The van der Waals surface area contributed by atoms with E-state index in [0.717, 1.165) is 29.8 Å². The van der Waals surface area contributed by atoms with E-state index in [-0.39, 0.29) is 18.2 Å². The minimum Gasteiger partial charge on any atom is -0.481 e. The lowest BCUT2D eigenvalue weighted by molar-refractivity contribution is -0.138. The number of amides is 1. The maximum absolute atomic E-state index is 12.1. The number of benzene rings is 1. The summed E-state index contributed by atoms with van der Waals surface area (Å²) in [5.41, 5.74) is 3.08. The minimum absolute atomic E-state index is 0.0420. The average molecular weight is 290 g/mol. The van der Waals surface area contributed by atoms with Gasteiger partial charge in [0.2, 0.25) is 5.91 Å². The zero-order chi connectivity index (χ0) is 15.4. The zero-order valence-electron chi connectivity index (χ0n) is 12.6. The van der Waals surface area contributed by atoms with Crippen molar-refractivity contribution in [2.24, 2.45) is 5.92 Å². The summed E-state index contributed by atoms with van der Waals surface area (Å²) in [6.45, 7) is 5.81. The van der Waals surface area contributed by atoms with E-state index in [1.165, 1.54) is 0 Å². The Morgan fingerprint density at radius 2 is 2.14 bits per heavy atom. The summed E-state index contributed by atoms with van der Waals surface area (Å²) in [5.74, 6) is -0.641. The molecule has 2 N–H and O–H groups in total. The van der Waals surface area contributed by atoms with E-state index in [0.29, 0.717) is 13.1 Å². The smallest absolute Gasteiger partial charge is 0.303 e. The molecule has 2 rings (SSSR count). The van der Waals surface area contributed by atoms with Crippen LogP contribution < -0.4 is 5.32 Å². The summed E-state index contributed by atoms with van der Waals surface area (Å²) in [6.07, 6.45) is 1.04. The van der Waals surface area contributed by atoms with Crippen molar-refractivity contribution in [2.75, 3.05) is 25.0 Å². The highest BCUT2D eigenvalue weighted by molar-refractivity contribution is 5.93. The number of hydrogen-bond acceptors (Lipinski definition) is 3. The second kappa shape index (κ2) is 6.72. The molecule has 0 bridgehead atoms. The molecule has 0 aromatic heterocycles. The van der Waals surface area contributed by atoms with Gasteiger partial charge in [-0.25, -0.2) is 0 Å². The summed E-state index contributed by atoms with van der Waals surface area (Å²) in [4.78, 5) is 24.8. The Morgan fingerprint density at radius 1 is 1.38 bits per heavy atom. The number of rotatable bonds is 5. The average Bonchev–Trinajstić information content (AvgIpc) is 2.81. The predicted octanol–water partition coefficient (Wildman–Crippen LogP) is 2.04. The van der Waals surface area contributed by atoms with Gasteiger partial charge in [-0.2, -0.15) is 0 Å². The monoisotopic (exact) mass is 290 g/mol. The number of carbonyl (C=O) groups excluding carboxylic acids is 1. The normalized spacial score (nSPS) is 18.7. The molecule has 1 aromatic carbocycles. The van der Waals surface area contributed by atoms with Crippen molar-refractivity contribution < 1.29 is 14.7 Å². The van der Waals surface area contributed by atoms with E-state index in [2.05, 4.69) is 5.32 Å². The Hall–Kier alpha value is -1.88. The Morgan fingerprint density at radius 3 is 2.86 bits per heavy atom. The number of aliphatic carboxylic acids is 1. The number of nitrogens with zero attached hydrogens (tertiary/aromatic N) is 1. The van der Waals surface area contributed by atoms with E-state index in [9.17, 15) is 9.59 Å². The number of hydrogen-bond donors (Lipinski definition) is 2. The van der Waals surface area contributed by atoms with Gasteiger partial charge in [-0.1, -0.05) is 12.1 Å². The van der Waals surface area contributed by atoms with Gasteiger partial charge in [0.15, 0.2) is 0 Å². The number of nitrogens with one attached hydrogen (secondary N) is 1. The lowest BCUT2D eigenvalue weighted by Crippen LogP contribution is -2.32. The van der Waals surface area contributed by atoms with Crippen LogP contribution in [0, 0.1) is 19.8 Å². The van der Waals surface area contributed by atoms with Crippen LogP contribution in [0.15, 0.2) is 18.2 Å². The molecule has 1 fully saturated rings. The van der Waals surface area contributed by atoms with E-state index in [4.69, 9.17) is 5.11 Å². The van der Waals surface area contributed by atoms with Crippen molar-refractivity contribution >= 4 is 17.6 Å². The molecule has 1 heterocycles. The van der Waals surface area contributed by atoms with E-state index in [1.54, 1.807) is 0 Å². The van der Waals surface area contributed by atoms with Crippen LogP contribution in [0.3, 0.4) is 0 Å². The molecule has 1 aliphatic rings. The summed E-state index contributed by atoms with van der Waals surface area (Å²) in [5, 5.41) is 11.7. The molecule has 1 aromatic rings. The third-order valence-corrected chi connectivity index (χ3v) is 4.08. The van der Waals surface area contributed by atoms with Crippen LogP contribution in [0.2, 0.25) is 0 Å². The summed E-state index contributed by atoms with van der Waals surface area (Å²) < 4.78 is 0. The van der Waals surface area contributed by atoms with Gasteiger partial charge in [-0.05, 0) is 49.9 Å². The highest BCUT2D eigenvalue weighted by Crippen LogP contribution is 2.20.